The summed E-state index contributed by atoms with van der Waals surface area (Å²) in [6, 6.07) is 17.6. The lowest BCUT2D eigenvalue weighted by Gasteiger charge is -2.56. The van der Waals surface area contributed by atoms with Crippen molar-refractivity contribution in [2.24, 2.45) is 23.2 Å². The third kappa shape index (κ3) is 4.38. The van der Waals surface area contributed by atoms with E-state index in [1.54, 1.807) is 0 Å². The zero-order chi connectivity index (χ0) is 23.1. The summed E-state index contributed by atoms with van der Waals surface area (Å²) >= 11 is 7.55. The molecule has 0 aliphatic heterocycles. The minimum atomic E-state index is 0.0765. The van der Waals surface area contributed by atoms with Crippen LogP contribution >= 0.6 is 23.4 Å². The molecule has 4 aliphatic carbocycles. The van der Waals surface area contributed by atoms with Gasteiger partial charge in [0.25, 0.3) is 0 Å². The van der Waals surface area contributed by atoms with Crippen LogP contribution in [0.15, 0.2) is 59.8 Å². The number of thioether (sulfide) groups is 1. The lowest BCUT2D eigenvalue weighted by Crippen LogP contribution is -2.51. The van der Waals surface area contributed by atoms with Gasteiger partial charge in [0.15, 0.2) is 11.0 Å². The minimum absolute atomic E-state index is 0.0765. The second-order valence-electron chi connectivity index (χ2n) is 10.5. The number of carbonyl (C=O) groups is 1. The van der Waals surface area contributed by atoms with Crippen LogP contribution in [0.2, 0.25) is 5.02 Å². The molecule has 0 spiro atoms. The second kappa shape index (κ2) is 9.04. The smallest absolute Gasteiger partial charge is 0.230 e. The summed E-state index contributed by atoms with van der Waals surface area (Å²) in [7, 11) is 0. The van der Waals surface area contributed by atoms with Crippen molar-refractivity contribution in [2.45, 2.75) is 43.7 Å². The molecule has 7 heteroatoms. The molecule has 5 nitrogen and oxygen atoms in total. The van der Waals surface area contributed by atoms with Gasteiger partial charge in [0.2, 0.25) is 5.91 Å². The molecule has 34 heavy (non-hydrogen) atoms. The number of amides is 1. The predicted octanol–water partition coefficient (Wildman–Crippen LogP) is 6.01. The summed E-state index contributed by atoms with van der Waals surface area (Å²) in [6.45, 7) is 0.828. The maximum Gasteiger partial charge on any atom is 0.230 e. The Balaban J connectivity index is 1.16. The number of halogens is 1. The van der Waals surface area contributed by atoms with Gasteiger partial charge in [0, 0.05) is 22.8 Å². The largest absolute Gasteiger partial charge is 0.355 e. The van der Waals surface area contributed by atoms with Crippen LogP contribution in [0, 0.1) is 23.2 Å². The van der Waals surface area contributed by atoms with Crippen molar-refractivity contribution < 1.29 is 4.79 Å². The zero-order valence-corrected chi connectivity index (χ0v) is 20.7. The first-order chi connectivity index (χ1) is 16.6. The highest BCUT2D eigenvalue weighted by atomic mass is 35.5. The molecular weight excluding hydrogens is 464 g/mol. The van der Waals surface area contributed by atoms with Crippen molar-refractivity contribution in [1.29, 1.82) is 0 Å². The van der Waals surface area contributed by atoms with E-state index in [9.17, 15) is 4.79 Å². The molecule has 0 saturated heterocycles. The van der Waals surface area contributed by atoms with Gasteiger partial charge in [-0.25, -0.2) is 0 Å². The molecule has 1 heterocycles. The fraction of sp³-hybridized carbons (Fsp3) is 0.444. The molecule has 4 fully saturated rings. The number of aromatic nitrogens is 3. The van der Waals surface area contributed by atoms with Crippen molar-refractivity contribution in [3.05, 3.63) is 59.6 Å². The quantitative estimate of drug-likeness (QED) is 0.410. The first-order valence-electron chi connectivity index (χ1n) is 12.2. The van der Waals surface area contributed by atoms with Gasteiger partial charge in [-0.3, -0.25) is 9.36 Å². The van der Waals surface area contributed by atoms with Crippen molar-refractivity contribution in [3.8, 4) is 17.1 Å². The van der Waals surface area contributed by atoms with Gasteiger partial charge in [-0.1, -0.05) is 53.7 Å². The van der Waals surface area contributed by atoms with Crippen LogP contribution in [0.4, 0.5) is 0 Å². The molecule has 0 atom stereocenters. The molecule has 1 N–H and O–H groups in total. The Bertz CT molecular complexity index is 1140. The maximum absolute atomic E-state index is 12.9. The van der Waals surface area contributed by atoms with Crippen LogP contribution in [0.5, 0.6) is 0 Å². The highest BCUT2D eigenvalue weighted by Gasteiger charge is 2.50. The summed E-state index contributed by atoms with van der Waals surface area (Å²) in [6.07, 6.45) is 8.18. The van der Waals surface area contributed by atoms with E-state index in [1.165, 1.54) is 50.3 Å². The standard InChI is InChI=1S/C27H29ClN4OS/c28-22-6-8-23(9-7-22)32-25(21-4-2-1-3-5-21)30-31-26(32)34-16-24(33)29-17-27-13-18-10-19(14-27)12-20(11-18)15-27/h1-9,18-20H,10-17H2,(H,29,33). The summed E-state index contributed by atoms with van der Waals surface area (Å²) in [5.41, 5.74) is 2.24. The Morgan fingerprint density at radius 3 is 2.26 bits per heavy atom. The Morgan fingerprint density at radius 2 is 1.62 bits per heavy atom. The fourth-order valence-corrected chi connectivity index (χ4v) is 7.84. The van der Waals surface area contributed by atoms with Crippen LogP contribution in [0.1, 0.15) is 38.5 Å². The molecule has 4 aliphatic rings. The summed E-state index contributed by atoms with van der Waals surface area (Å²) in [4.78, 5) is 12.9. The van der Waals surface area contributed by atoms with E-state index in [0.717, 1.165) is 41.4 Å². The van der Waals surface area contributed by atoms with Gasteiger partial charge >= 0.3 is 0 Å². The maximum atomic E-state index is 12.9. The highest BCUT2D eigenvalue weighted by Crippen LogP contribution is 2.59. The minimum Gasteiger partial charge on any atom is -0.355 e. The Kier molecular flexibility index (Phi) is 5.90. The van der Waals surface area contributed by atoms with Crippen molar-refractivity contribution in [2.75, 3.05) is 12.3 Å². The first kappa shape index (κ1) is 22.2. The molecule has 3 aromatic rings. The van der Waals surface area contributed by atoms with Crippen LogP contribution in [-0.2, 0) is 4.79 Å². The monoisotopic (exact) mass is 492 g/mol. The number of hydrogen-bond acceptors (Lipinski definition) is 4. The summed E-state index contributed by atoms with van der Waals surface area (Å²) < 4.78 is 2.00. The normalized spacial score (nSPS) is 27.1. The van der Waals surface area contributed by atoms with E-state index in [0.29, 0.717) is 21.3 Å². The van der Waals surface area contributed by atoms with Gasteiger partial charge in [-0.2, -0.15) is 0 Å². The van der Waals surface area contributed by atoms with E-state index in [1.807, 2.05) is 59.2 Å². The Labute approximate surface area is 209 Å². The molecule has 1 amide bonds. The van der Waals surface area contributed by atoms with Gasteiger partial charge in [-0.15, -0.1) is 10.2 Å². The average molecular weight is 493 g/mol. The fourth-order valence-electron chi connectivity index (χ4n) is 6.93. The first-order valence-corrected chi connectivity index (χ1v) is 13.6. The third-order valence-electron chi connectivity index (χ3n) is 7.91. The number of nitrogens with zero attached hydrogens (tertiary/aromatic N) is 3. The number of nitrogens with one attached hydrogen (secondary N) is 1. The number of hydrogen-bond donors (Lipinski definition) is 1. The summed E-state index contributed by atoms with van der Waals surface area (Å²) in [5, 5.41) is 13.6. The average Bonchev–Trinajstić information content (AvgIpc) is 3.26. The molecule has 7 rings (SSSR count). The van der Waals surface area contributed by atoms with E-state index < -0.39 is 0 Å². The summed E-state index contributed by atoms with van der Waals surface area (Å²) in [5.74, 6) is 3.84. The van der Waals surface area contributed by atoms with Crippen molar-refractivity contribution >= 4 is 29.3 Å². The second-order valence-corrected chi connectivity index (χ2v) is 11.8. The van der Waals surface area contributed by atoms with Crippen molar-refractivity contribution in [1.82, 2.24) is 20.1 Å². The number of carbonyl (C=O) groups excluding carboxylic acids is 1. The number of rotatable bonds is 7. The lowest BCUT2D eigenvalue weighted by molar-refractivity contribution is -0.120. The molecule has 4 saturated carbocycles. The Hall–Kier alpha value is -2.31. The van der Waals surface area contributed by atoms with E-state index in [2.05, 4.69) is 15.5 Å². The van der Waals surface area contributed by atoms with Gasteiger partial charge in [0.1, 0.15) is 0 Å². The topological polar surface area (TPSA) is 59.8 Å². The lowest BCUT2D eigenvalue weighted by atomic mass is 9.49. The van der Waals surface area contributed by atoms with Crippen LogP contribution in [-0.4, -0.2) is 33.0 Å². The van der Waals surface area contributed by atoms with Crippen LogP contribution in [0.3, 0.4) is 0 Å². The van der Waals surface area contributed by atoms with E-state index in [4.69, 9.17) is 11.6 Å². The van der Waals surface area contributed by atoms with Crippen molar-refractivity contribution in [3.63, 3.8) is 0 Å². The van der Waals surface area contributed by atoms with Gasteiger partial charge in [0.05, 0.1) is 5.75 Å². The van der Waals surface area contributed by atoms with Crippen LogP contribution < -0.4 is 5.32 Å². The molecular formula is C27H29ClN4OS. The zero-order valence-electron chi connectivity index (χ0n) is 19.1. The van der Waals surface area contributed by atoms with Gasteiger partial charge < -0.3 is 5.32 Å². The SMILES string of the molecule is O=C(CSc1nnc(-c2ccccc2)n1-c1ccc(Cl)cc1)NCC12CC3CC(CC(C3)C1)C2. The molecule has 0 unspecified atom stereocenters. The third-order valence-corrected chi connectivity index (χ3v) is 9.09. The molecule has 0 radical (unpaired) electrons. The van der Waals surface area contributed by atoms with E-state index >= 15 is 0 Å². The molecule has 2 aromatic carbocycles. The molecule has 176 valence electrons. The highest BCUT2D eigenvalue weighted by molar-refractivity contribution is 7.99. The van der Waals surface area contributed by atoms with Crippen LogP contribution in [0.25, 0.3) is 17.1 Å². The van der Waals surface area contributed by atoms with E-state index in [-0.39, 0.29) is 5.91 Å². The predicted molar refractivity (Wildman–Crippen MR) is 136 cm³/mol. The van der Waals surface area contributed by atoms with Gasteiger partial charge in [-0.05, 0) is 86.0 Å². The number of benzene rings is 2. The molecule has 4 bridgehead atoms. The molecule has 1 aromatic heterocycles. The Morgan fingerprint density at radius 1 is 0.971 bits per heavy atom.